The molecule has 0 fully saturated rings. The van der Waals surface area contributed by atoms with E-state index in [4.69, 9.17) is 14.2 Å². The third kappa shape index (κ3) is 4.32. The van der Waals surface area contributed by atoms with Gasteiger partial charge in [-0.05, 0) is 43.7 Å². The number of methoxy groups -OCH3 is 1. The van der Waals surface area contributed by atoms with Crippen LogP contribution in [0.25, 0.3) is 5.69 Å². The van der Waals surface area contributed by atoms with Crippen molar-refractivity contribution in [3.8, 4) is 11.4 Å². The van der Waals surface area contributed by atoms with Crippen molar-refractivity contribution in [2.45, 2.75) is 20.0 Å². The number of benzene rings is 1. The van der Waals surface area contributed by atoms with Gasteiger partial charge in [0.25, 0.3) is 0 Å². The summed E-state index contributed by atoms with van der Waals surface area (Å²) < 4.78 is 16.7. The highest BCUT2D eigenvalue weighted by atomic mass is 16.7. The molecule has 0 N–H and O–H groups in total. The minimum atomic E-state index is -0.748. The molecule has 1 aromatic carbocycles. The number of hydrogen-bond donors (Lipinski definition) is 0. The van der Waals surface area contributed by atoms with Crippen molar-refractivity contribution in [2.24, 2.45) is 0 Å². The van der Waals surface area contributed by atoms with E-state index in [0.717, 1.165) is 11.3 Å². The zero-order valence-corrected chi connectivity index (χ0v) is 12.3. The lowest BCUT2D eigenvalue weighted by Gasteiger charge is -2.12. The Bertz CT molecular complexity index is 592. The van der Waals surface area contributed by atoms with Crippen LogP contribution in [-0.2, 0) is 9.47 Å². The van der Waals surface area contributed by atoms with E-state index >= 15 is 0 Å². The minimum Gasteiger partial charge on any atom is -0.429 e. The van der Waals surface area contributed by atoms with E-state index in [-0.39, 0.29) is 6.10 Å². The fourth-order valence-corrected chi connectivity index (χ4v) is 1.77. The van der Waals surface area contributed by atoms with Crippen LogP contribution in [0, 0.1) is 6.92 Å². The summed E-state index contributed by atoms with van der Waals surface area (Å²) in [6.45, 7) is 4.03. The summed E-state index contributed by atoms with van der Waals surface area (Å²) in [4.78, 5) is 11.5. The third-order valence-electron chi connectivity index (χ3n) is 2.71. The third-order valence-corrected chi connectivity index (χ3v) is 2.71. The van der Waals surface area contributed by atoms with E-state index in [1.165, 1.54) is 0 Å². The van der Waals surface area contributed by atoms with Gasteiger partial charge < -0.3 is 14.2 Å². The number of aromatic nitrogens is 2. The molecule has 0 amide bonds. The van der Waals surface area contributed by atoms with E-state index in [1.54, 1.807) is 37.0 Å². The molecule has 112 valence electrons. The first-order valence-electron chi connectivity index (χ1n) is 6.57. The first-order chi connectivity index (χ1) is 10.1. The van der Waals surface area contributed by atoms with Crippen LogP contribution >= 0.6 is 0 Å². The van der Waals surface area contributed by atoms with Crippen LogP contribution in [0.3, 0.4) is 0 Å². The molecule has 0 saturated carbocycles. The van der Waals surface area contributed by atoms with Gasteiger partial charge in [-0.25, -0.2) is 9.48 Å². The lowest BCUT2D eigenvalue weighted by Crippen LogP contribution is -2.22. The van der Waals surface area contributed by atoms with E-state index in [1.807, 2.05) is 25.3 Å². The number of ether oxygens (including phenoxy) is 3. The van der Waals surface area contributed by atoms with Gasteiger partial charge in [-0.1, -0.05) is 0 Å². The Morgan fingerprint density at radius 2 is 2.05 bits per heavy atom. The van der Waals surface area contributed by atoms with Gasteiger partial charge in [0.05, 0.1) is 18.5 Å². The van der Waals surface area contributed by atoms with Crippen LogP contribution in [0.5, 0.6) is 5.75 Å². The molecule has 0 saturated heterocycles. The molecule has 0 bridgehead atoms. The molecule has 0 radical (unpaired) electrons. The van der Waals surface area contributed by atoms with E-state index in [0.29, 0.717) is 12.4 Å². The second-order valence-electron chi connectivity index (χ2n) is 4.69. The van der Waals surface area contributed by atoms with Gasteiger partial charge in [0, 0.05) is 13.3 Å². The Hall–Kier alpha value is -2.34. The van der Waals surface area contributed by atoms with Crippen LogP contribution in [-0.4, -0.2) is 35.8 Å². The lowest BCUT2D eigenvalue weighted by molar-refractivity contribution is 0.0250. The predicted molar refractivity (Wildman–Crippen MR) is 76.7 cm³/mol. The standard InChI is InChI=1S/C15H18N2O4/c1-11-8-16-17(9-11)13-4-6-14(7-5-13)21-15(18)20-12(2)10-19-3/h4-9,12H,10H2,1-3H3. The Balaban J connectivity index is 1.95. The fourth-order valence-electron chi connectivity index (χ4n) is 1.77. The molecule has 6 nitrogen and oxygen atoms in total. The van der Waals surface area contributed by atoms with Crippen molar-refractivity contribution in [1.82, 2.24) is 9.78 Å². The molecule has 0 aliphatic rings. The quantitative estimate of drug-likeness (QED) is 0.626. The molecule has 6 heteroatoms. The highest BCUT2D eigenvalue weighted by molar-refractivity contribution is 5.64. The molecule has 2 aromatic rings. The Morgan fingerprint density at radius 3 is 2.62 bits per heavy atom. The average Bonchev–Trinajstić information content (AvgIpc) is 2.86. The molecule has 0 aliphatic carbocycles. The minimum absolute atomic E-state index is 0.326. The van der Waals surface area contributed by atoms with Gasteiger partial charge >= 0.3 is 6.16 Å². The second kappa shape index (κ2) is 6.90. The second-order valence-corrected chi connectivity index (χ2v) is 4.69. The molecule has 21 heavy (non-hydrogen) atoms. The summed E-state index contributed by atoms with van der Waals surface area (Å²) in [5.41, 5.74) is 1.96. The highest BCUT2D eigenvalue weighted by Crippen LogP contribution is 2.16. The smallest absolute Gasteiger partial charge is 0.429 e. The van der Waals surface area contributed by atoms with Gasteiger partial charge in [0.1, 0.15) is 11.9 Å². The molecule has 1 aromatic heterocycles. The first kappa shape index (κ1) is 15.1. The molecule has 0 aliphatic heterocycles. The van der Waals surface area contributed by atoms with Crippen molar-refractivity contribution in [2.75, 3.05) is 13.7 Å². The van der Waals surface area contributed by atoms with Crippen LogP contribution in [0.1, 0.15) is 12.5 Å². The predicted octanol–water partition coefficient (Wildman–Crippen LogP) is 2.73. The van der Waals surface area contributed by atoms with Gasteiger partial charge in [0.2, 0.25) is 0 Å². The maximum atomic E-state index is 11.5. The van der Waals surface area contributed by atoms with Crippen molar-refractivity contribution in [3.05, 3.63) is 42.2 Å². The van der Waals surface area contributed by atoms with Crippen LogP contribution < -0.4 is 4.74 Å². The Kier molecular flexibility index (Phi) is 4.94. The summed E-state index contributed by atoms with van der Waals surface area (Å²) in [5, 5.41) is 4.21. The molecule has 1 atom stereocenters. The molecule has 1 unspecified atom stereocenters. The Labute approximate surface area is 123 Å². The van der Waals surface area contributed by atoms with Gasteiger partial charge in [-0.15, -0.1) is 0 Å². The largest absolute Gasteiger partial charge is 0.514 e. The zero-order valence-electron chi connectivity index (χ0n) is 12.3. The number of carbonyl (C=O) groups excluding carboxylic acids is 1. The van der Waals surface area contributed by atoms with E-state index < -0.39 is 6.16 Å². The number of aryl methyl sites for hydroxylation is 1. The van der Waals surface area contributed by atoms with Crippen LogP contribution in [0.2, 0.25) is 0 Å². The summed E-state index contributed by atoms with van der Waals surface area (Å²) in [6.07, 6.45) is 2.59. The molecular weight excluding hydrogens is 272 g/mol. The molecule has 2 rings (SSSR count). The van der Waals surface area contributed by atoms with Crippen molar-refractivity contribution in [3.63, 3.8) is 0 Å². The van der Waals surface area contributed by atoms with Crippen molar-refractivity contribution < 1.29 is 19.0 Å². The molecular formula is C15H18N2O4. The van der Waals surface area contributed by atoms with Crippen LogP contribution in [0.15, 0.2) is 36.7 Å². The van der Waals surface area contributed by atoms with E-state index in [9.17, 15) is 4.79 Å². The number of nitrogens with zero attached hydrogens (tertiary/aromatic N) is 2. The molecule has 1 heterocycles. The summed E-state index contributed by atoms with van der Waals surface area (Å²) in [5.74, 6) is 0.414. The van der Waals surface area contributed by atoms with Crippen molar-refractivity contribution in [1.29, 1.82) is 0 Å². The fraction of sp³-hybridized carbons (Fsp3) is 0.333. The van der Waals surface area contributed by atoms with Crippen LogP contribution in [0.4, 0.5) is 4.79 Å². The number of hydrogen-bond acceptors (Lipinski definition) is 5. The summed E-state index contributed by atoms with van der Waals surface area (Å²) in [7, 11) is 1.54. The van der Waals surface area contributed by atoms with Gasteiger partial charge in [-0.2, -0.15) is 5.10 Å². The zero-order chi connectivity index (χ0) is 15.2. The lowest BCUT2D eigenvalue weighted by atomic mass is 10.3. The monoisotopic (exact) mass is 290 g/mol. The number of carbonyl (C=O) groups is 1. The SMILES string of the molecule is COCC(C)OC(=O)Oc1ccc(-n2cc(C)cn2)cc1. The van der Waals surface area contributed by atoms with Gasteiger partial charge in [-0.3, -0.25) is 0 Å². The Morgan fingerprint density at radius 1 is 1.33 bits per heavy atom. The topological polar surface area (TPSA) is 62.6 Å². The molecule has 0 spiro atoms. The number of rotatable bonds is 5. The summed E-state index contributed by atoms with van der Waals surface area (Å²) >= 11 is 0. The van der Waals surface area contributed by atoms with Gasteiger partial charge in [0.15, 0.2) is 0 Å². The summed E-state index contributed by atoms with van der Waals surface area (Å²) in [6, 6.07) is 7.00. The van der Waals surface area contributed by atoms with Crippen molar-refractivity contribution >= 4 is 6.16 Å². The first-order valence-corrected chi connectivity index (χ1v) is 6.57. The van der Waals surface area contributed by atoms with E-state index in [2.05, 4.69) is 5.10 Å². The maximum absolute atomic E-state index is 11.5. The highest BCUT2D eigenvalue weighted by Gasteiger charge is 2.11. The maximum Gasteiger partial charge on any atom is 0.514 e. The normalized spacial score (nSPS) is 12.0. The average molecular weight is 290 g/mol.